The van der Waals surface area contributed by atoms with Gasteiger partial charge in [0.05, 0.1) is 12.6 Å². The molecule has 0 radical (unpaired) electrons. The molecule has 0 saturated heterocycles. The van der Waals surface area contributed by atoms with Gasteiger partial charge in [0.15, 0.2) is 5.52 Å². The van der Waals surface area contributed by atoms with Gasteiger partial charge in [-0.05, 0) is 47.5 Å². The first kappa shape index (κ1) is 14.6. The molecule has 3 heteroatoms. The molecular formula is C19H22N3+. The van der Waals surface area contributed by atoms with Crippen molar-refractivity contribution in [1.82, 2.24) is 9.97 Å². The molecule has 0 aliphatic carbocycles. The van der Waals surface area contributed by atoms with Gasteiger partial charge in [0.2, 0.25) is 5.52 Å². The van der Waals surface area contributed by atoms with Crippen molar-refractivity contribution in [1.29, 1.82) is 0 Å². The van der Waals surface area contributed by atoms with Crippen LogP contribution in [0, 0.1) is 12.8 Å². The molecular weight excluding hydrogens is 270 g/mol. The minimum atomic E-state index is 0.620. The first-order chi connectivity index (χ1) is 10.5. The van der Waals surface area contributed by atoms with Crippen LogP contribution in [0.2, 0.25) is 0 Å². The molecule has 0 saturated carbocycles. The smallest absolute Gasteiger partial charge is 0.248 e. The average Bonchev–Trinajstić information content (AvgIpc) is 2.47. The third-order valence-electron chi connectivity index (χ3n) is 3.86. The molecule has 0 N–H and O–H groups in total. The van der Waals surface area contributed by atoms with E-state index in [0.717, 1.165) is 23.3 Å². The number of rotatable bonds is 3. The van der Waals surface area contributed by atoms with Crippen LogP contribution < -0.4 is 4.57 Å². The predicted octanol–water partition coefficient (Wildman–Crippen LogP) is 3.63. The molecule has 0 aliphatic heterocycles. The lowest BCUT2D eigenvalue weighted by Gasteiger charge is -2.06. The molecule has 3 aromatic rings. The van der Waals surface area contributed by atoms with Crippen molar-refractivity contribution < 1.29 is 4.57 Å². The Bertz CT molecular complexity index is 822. The fourth-order valence-corrected chi connectivity index (χ4v) is 2.79. The lowest BCUT2D eigenvalue weighted by Crippen LogP contribution is -2.32. The average molecular weight is 292 g/mol. The second-order valence-corrected chi connectivity index (χ2v) is 6.34. The van der Waals surface area contributed by atoms with E-state index in [-0.39, 0.29) is 0 Å². The van der Waals surface area contributed by atoms with Crippen LogP contribution in [0.5, 0.6) is 0 Å². The second kappa shape index (κ2) is 5.84. The second-order valence-electron chi connectivity index (χ2n) is 6.34. The maximum atomic E-state index is 4.87. The summed E-state index contributed by atoms with van der Waals surface area (Å²) in [5.74, 6) is 1.60. The third kappa shape index (κ3) is 2.84. The number of aryl methyl sites for hydroxylation is 2. The first-order valence-corrected chi connectivity index (χ1v) is 7.76. The molecule has 0 aliphatic rings. The van der Waals surface area contributed by atoms with Gasteiger partial charge in [0.1, 0.15) is 6.20 Å². The minimum Gasteiger partial charge on any atom is -0.248 e. The zero-order valence-corrected chi connectivity index (χ0v) is 13.7. The highest BCUT2D eigenvalue weighted by Gasteiger charge is 2.17. The zero-order chi connectivity index (χ0) is 15.7. The maximum Gasteiger partial charge on any atom is 0.331 e. The molecule has 0 atom stereocenters. The normalized spacial score (nSPS) is 11.3. The summed E-state index contributed by atoms with van der Waals surface area (Å²) in [6.07, 6.45) is 5.06. The number of nitrogens with zero attached hydrogens (tertiary/aromatic N) is 3. The number of hydrogen-bond acceptors (Lipinski definition) is 2. The Hall–Kier alpha value is -2.29. The van der Waals surface area contributed by atoms with E-state index < -0.39 is 0 Å². The van der Waals surface area contributed by atoms with Crippen molar-refractivity contribution in [3.05, 3.63) is 53.9 Å². The number of benzene rings is 1. The summed E-state index contributed by atoms with van der Waals surface area (Å²) in [6, 6.07) is 10.5. The Kier molecular flexibility index (Phi) is 3.88. The molecule has 0 spiro atoms. The largest absolute Gasteiger partial charge is 0.331 e. The van der Waals surface area contributed by atoms with Crippen LogP contribution in [0.3, 0.4) is 0 Å². The molecule has 0 bridgehead atoms. The van der Waals surface area contributed by atoms with Crippen LogP contribution in [0.15, 0.2) is 42.7 Å². The minimum absolute atomic E-state index is 0.620. The van der Waals surface area contributed by atoms with Crippen LogP contribution in [0.1, 0.15) is 25.0 Å². The predicted molar refractivity (Wildman–Crippen MR) is 89.4 cm³/mol. The fraction of sp³-hybridized carbons (Fsp3) is 0.316. The van der Waals surface area contributed by atoms with Crippen molar-refractivity contribution in [3.63, 3.8) is 0 Å². The summed E-state index contributed by atoms with van der Waals surface area (Å²) >= 11 is 0. The van der Waals surface area contributed by atoms with E-state index >= 15 is 0 Å². The fourth-order valence-electron chi connectivity index (χ4n) is 2.79. The quantitative estimate of drug-likeness (QED) is 0.690. The van der Waals surface area contributed by atoms with E-state index in [4.69, 9.17) is 4.98 Å². The Morgan fingerprint density at radius 1 is 1.14 bits per heavy atom. The standard InChI is InChI=1S/C19H22N3/c1-13(2)9-15-10-17-18(20-11-15)12-22(4)19(21-17)16-8-6-5-7-14(16)3/h5-8,10-13H,9H2,1-4H3/q+1. The lowest BCUT2D eigenvalue weighted by atomic mass is 10.0. The summed E-state index contributed by atoms with van der Waals surface area (Å²) in [5.41, 5.74) is 5.55. The maximum absolute atomic E-state index is 4.87. The lowest BCUT2D eigenvalue weighted by molar-refractivity contribution is -0.661. The van der Waals surface area contributed by atoms with Crippen molar-refractivity contribution in [2.24, 2.45) is 13.0 Å². The summed E-state index contributed by atoms with van der Waals surface area (Å²) < 4.78 is 2.06. The van der Waals surface area contributed by atoms with E-state index in [1.54, 1.807) is 0 Å². The summed E-state index contributed by atoms with van der Waals surface area (Å²) in [5, 5.41) is 0. The van der Waals surface area contributed by atoms with E-state index in [1.165, 1.54) is 16.7 Å². The molecule has 1 aromatic carbocycles. The van der Waals surface area contributed by atoms with E-state index in [2.05, 4.69) is 66.9 Å². The highest BCUT2D eigenvalue weighted by atomic mass is 15.0. The van der Waals surface area contributed by atoms with Gasteiger partial charge in [-0.25, -0.2) is 9.55 Å². The van der Waals surface area contributed by atoms with Gasteiger partial charge in [0, 0.05) is 6.20 Å². The molecule has 22 heavy (non-hydrogen) atoms. The molecule has 2 aromatic heterocycles. The summed E-state index contributed by atoms with van der Waals surface area (Å²) in [6.45, 7) is 6.57. The molecule has 0 fully saturated rings. The van der Waals surface area contributed by atoms with E-state index in [9.17, 15) is 0 Å². The van der Waals surface area contributed by atoms with Crippen LogP contribution in [-0.4, -0.2) is 9.97 Å². The highest BCUT2D eigenvalue weighted by Crippen LogP contribution is 2.20. The van der Waals surface area contributed by atoms with Gasteiger partial charge in [-0.1, -0.05) is 32.0 Å². The van der Waals surface area contributed by atoms with Crippen molar-refractivity contribution in [3.8, 4) is 11.4 Å². The Morgan fingerprint density at radius 3 is 2.64 bits per heavy atom. The van der Waals surface area contributed by atoms with E-state index in [0.29, 0.717) is 5.92 Å². The molecule has 0 amide bonds. The van der Waals surface area contributed by atoms with Crippen LogP contribution in [0.4, 0.5) is 0 Å². The van der Waals surface area contributed by atoms with Gasteiger partial charge < -0.3 is 0 Å². The van der Waals surface area contributed by atoms with Crippen LogP contribution in [0.25, 0.3) is 22.4 Å². The zero-order valence-electron chi connectivity index (χ0n) is 13.7. The van der Waals surface area contributed by atoms with Gasteiger partial charge in [-0.2, -0.15) is 0 Å². The van der Waals surface area contributed by atoms with Gasteiger partial charge in [0.25, 0.3) is 0 Å². The number of pyridine rings is 1. The molecule has 3 nitrogen and oxygen atoms in total. The molecule has 2 heterocycles. The first-order valence-electron chi connectivity index (χ1n) is 7.76. The number of aromatic nitrogens is 3. The topological polar surface area (TPSA) is 29.7 Å². The van der Waals surface area contributed by atoms with Gasteiger partial charge in [-0.3, -0.25) is 0 Å². The van der Waals surface area contributed by atoms with E-state index in [1.807, 2.05) is 13.2 Å². The SMILES string of the molecule is Cc1ccccc1-c1nc2cc(CC(C)C)cnc2c[n+]1C. The molecule has 112 valence electrons. The summed E-state index contributed by atoms with van der Waals surface area (Å²) in [4.78, 5) is 9.44. The van der Waals surface area contributed by atoms with Crippen molar-refractivity contribution >= 4 is 11.0 Å². The van der Waals surface area contributed by atoms with Crippen LogP contribution in [-0.2, 0) is 13.5 Å². The highest BCUT2D eigenvalue weighted by molar-refractivity contribution is 5.75. The van der Waals surface area contributed by atoms with Crippen LogP contribution >= 0.6 is 0 Å². The monoisotopic (exact) mass is 292 g/mol. The Balaban J connectivity index is 2.15. The van der Waals surface area contributed by atoms with Gasteiger partial charge >= 0.3 is 5.82 Å². The van der Waals surface area contributed by atoms with Gasteiger partial charge in [-0.15, -0.1) is 0 Å². The molecule has 3 rings (SSSR count). The Morgan fingerprint density at radius 2 is 1.91 bits per heavy atom. The number of hydrogen-bond donors (Lipinski definition) is 0. The third-order valence-corrected chi connectivity index (χ3v) is 3.86. The number of fused-ring (bicyclic) bond motifs is 1. The summed E-state index contributed by atoms with van der Waals surface area (Å²) in [7, 11) is 2.03. The van der Waals surface area contributed by atoms with Crippen molar-refractivity contribution in [2.45, 2.75) is 27.2 Å². The van der Waals surface area contributed by atoms with Crippen molar-refractivity contribution in [2.75, 3.05) is 0 Å². The Labute approximate surface area is 131 Å². The molecule has 0 unspecified atom stereocenters.